The lowest BCUT2D eigenvalue weighted by atomic mass is 10.1. The summed E-state index contributed by atoms with van der Waals surface area (Å²) in [7, 11) is 0. The molecule has 1 aromatic rings. The summed E-state index contributed by atoms with van der Waals surface area (Å²) in [4.78, 5) is 0. The predicted octanol–water partition coefficient (Wildman–Crippen LogP) is 2.25. The first-order chi connectivity index (χ1) is 7.78. The van der Waals surface area contributed by atoms with E-state index in [0.717, 1.165) is 42.1 Å². The van der Waals surface area contributed by atoms with Crippen molar-refractivity contribution in [2.45, 2.75) is 46.8 Å². The van der Waals surface area contributed by atoms with Crippen molar-refractivity contribution in [2.75, 3.05) is 11.5 Å². The maximum absolute atomic E-state index is 9.39. The van der Waals surface area contributed by atoms with Gasteiger partial charge in [-0.1, -0.05) is 20.8 Å². The molecule has 3 nitrogen and oxygen atoms in total. The molecule has 1 aromatic heterocycles. The van der Waals surface area contributed by atoms with E-state index >= 15 is 0 Å². The van der Waals surface area contributed by atoms with Gasteiger partial charge in [0.15, 0.2) is 0 Å². The van der Waals surface area contributed by atoms with Crippen LogP contribution in [0.4, 0.5) is 0 Å². The number of aliphatic hydroxyl groups excluding tert-OH is 1. The first kappa shape index (κ1) is 13.6. The van der Waals surface area contributed by atoms with Gasteiger partial charge in [-0.05, 0) is 18.6 Å². The van der Waals surface area contributed by atoms with Crippen LogP contribution in [0.5, 0.6) is 0 Å². The highest BCUT2D eigenvalue weighted by molar-refractivity contribution is 7.99. The molecule has 0 fully saturated rings. The van der Waals surface area contributed by atoms with E-state index in [1.54, 1.807) is 0 Å². The molecule has 0 aliphatic heterocycles. The molecule has 1 N–H and O–H groups in total. The van der Waals surface area contributed by atoms with Crippen LogP contribution < -0.4 is 0 Å². The molecule has 1 rings (SSSR count). The summed E-state index contributed by atoms with van der Waals surface area (Å²) in [5.41, 5.74) is 3.31. The Bertz CT molecular complexity index is 323. The monoisotopic (exact) mass is 242 g/mol. The maximum Gasteiger partial charge on any atom is 0.0718 e. The minimum absolute atomic E-state index is 0.118. The summed E-state index contributed by atoms with van der Waals surface area (Å²) < 4.78 is 2.08. The molecule has 0 unspecified atom stereocenters. The van der Waals surface area contributed by atoms with Gasteiger partial charge in [-0.3, -0.25) is 4.68 Å². The largest absolute Gasteiger partial charge is 0.392 e. The Morgan fingerprint density at radius 2 is 2.00 bits per heavy atom. The Morgan fingerprint density at radius 3 is 2.50 bits per heavy atom. The number of rotatable bonds is 7. The molecular formula is C12H22N2OS. The van der Waals surface area contributed by atoms with Gasteiger partial charge in [0.1, 0.15) is 0 Å². The molecule has 0 saturated heterocycles. The first-order valence-corrected chi connectivity index (χ1v) is 7.19. The van der Waals surface area contributed by atoms with Crippen molar-refractivity contribution in [3.63, 3.8) is 0 Å². The average Bonchev–Trinajstić information content (AvgIpc) is 2.66. The van der Waals surface area contributed by atoms with Crippen molar-refractivity contribution < 1.29 is 5.11 Å². The summed E-state index contributed by atoms with van der Waals surface area (Å²) in [6, 6.07) is 0. The van der Waals surface area contributed by atoms with Crippen molar-refractivity contribution in [3.05, 3.63) is 17.0 Å². The molecule has 0 radical (unpaired) electrons. The number of aromatic nitrogens is 2. The van der Waals surface area contributed by atoms with E-state index in [2.05, 4.69) is 30.6 Å². The Balaban J connectivity index is 2.85. The molecule has 0 saturated carbocycles. The quantitative estimate of drug-likeness (QED) is 0.745. The molecule has 92 valence electrons. The number of hydrogen-bond acceptors (Lipinski definition) is 3. The number of aliphatic hydroxyl groups is 1. The van der Waals surface area contributed by atoms with Crippen LogP contribution in [0.25, 0.3) is 0 Å². The third-order valence-electron chi connectivity index (χ3n) is 2.73. The summed E-state index contributed by atoms with van der Waals surface area (Å²) in [6.07, 6.45) is 1.84. The zero-order chi connectivity index (χ0) is 12.0. The SMILES string of the molecule is CCSCCn1nc(CC)c(CO)c1CC. The van der Waals surface area contributed by atoms with E-state index in [0.29, 0.717) is 0 Å². The van der Waals surface area contributed by atoms with Gasteiger partial charge in [0.2, 0.25) is 0 Å². The summed E-state index contributed by atoms with van der Waals surface area (Å²) in [5.74, 6) is 2.25. The van der Waals surface area contributed by atoms with Gasteiger partial charge in [0.25, 0.3) is 0 Å². The van der Waals surface area contributed by atoms with Crippen LogP contribution in [-0.2, 0) is 26.0 Å². The Labute approximate surface area is 102 Å². The van der Waals surface area contributed by atoms with Crippen LogP contribution >= 0.6 is 11.8 Å². The second-order valence-corrected chi connectivity index (χ2v) is 5.05. The summed E-state index contributed by atoms with van der Waals surface area (Å²) >= 11 is 1.93. The van der Waals surface area contributed by atoms with Gasteiger partial charge >= 0.3 is 0 Å². The molecule has 0 aliphatic rings. The third kappa shape index (κ3) is 3.01. The molecule has 1 heterocycles. The topological polar surface area (TPSA) is 38.0 Å². The van der Waals surface area contributed by atoms with Gasteiger partial charge in [0, 0.05) is 17.0 Å². The van der Waals surface area contributed by atoms with E-state index in [-0.39, 0.29) is 6.61 Å². The second kappa shape index (κ2) is 6.97. The number of hydrogen-bond donors (Lipinski definition) is 1. The highest BCUT2D eigenvalue weighted by Gasteiger charge is 2.13. The van der Waals surface area contributed by atoms with Gasteiger partial charge in [-0.15, -0.1) is 0 Å². The first-order valence-electron chi connectivity index (χ1n) is 6.04. The van der Waals surface area contributed by atoms with Crippen LogP contribution in [0, 0.1) is 0 Å². The van der Waals surface area contributed by atoms with Gasteiger partial charge < -0.3 is 5.11 Å². The molecule has 16 heavy (non-hydrogen) atoms. The highest BCUT2D eigenvalue weighted by atomic mass is 32.2. The fourth-order valence-electron chi connectivity index (χ4n) is 1.93. The van der Waals surface area contributed by atoms with Crippen LogP contribution in [0.2, 0.25) is 0 Å². The molecule has 0 atom stereocenters. The summed E-state index contributed by atoms with van der Waals surface area (Å²) in [5, 5.41) is 14.0. The number of nitrogens with zero attached hydrogens (tertiary/aromatic N) is 2. The van der Waals surface area contributed by atoms with E-state index in [9.17, 15) is 5.11 Å². The van der Waals surface area contributed by atoms with E-state index < -0.39 is 0 Å². The van der Waals surface area contributed by atoms with Crippen LogP contribution in [-0.4, -0.2) is 26.4 Å². The molecule has 0 aromatic carbocycles. The molecule has 0 bridgehead atoms. The second-order valence-electron chi connectivity index (χ2n) is 3.66. The zero-order valence-electron chi connectivity index (χ0n) is 10.5. The minimum atomic E-state index is 0.118. The minimum Gasteiger partial charge on any atom is -0.392 e. The fourth-order valence-corrected chi connectivity index (χ4v) is 2.52. The number of aryl methyl sites for hydroxylation is 2. The van der Waals surface area contributed by atoms with Crippen LogP contribution in [0.1, 0.15) is 37.7 Å². The van der Waals surface area contributed by atoms with Crippen molar-refractivity contribution in [2.24, 2.45) is 0 Å². The lowest BCUT2D eigenvalue weighted by Gasteiger charge is -2.06. The Hall–Kier alpha value is -0.480. The lowest BCUT2D eigenvalue weighted by Crippen LogP contribution is -2.07. The zero-order valence-corrected chi connectivity index (χ0v) is 11.3. The van der Waals surface area contributed by atoms with E-state index in [1.165, 1.54) is 5.69 Å². The van der Waals surface area contributed by atoms with Crippen molar-refractivity contribution >= 4 is 11.8 Å². The smallest absolute Gasteiger partial charge is 0.0718 e. The predicted molar refractivity (Wildman–Crippen MR) is 69.9 cm³/mol. The fraction of sp³-hybridized carbons (Fsp3) is 0.750. The molecule has 0 spiro atoms. The Morgan fingerprint density at radius 1 is 1.25 bits per heavy atom. The van der Waals surface area contributed by atoms with Gasteiger partial charge in [0.05, 0.1) is 18.8 Å². The highest BCUT2D eigenvalue weighted by Crippen LogP contribution is 2.16. The molecule has 0 amide bonds. The van der Waals surface area contributed by atoms with E-state index in [1.807, 2.05) is 11.8 Å². The third-order valence-corrected chi connectivity index (χ3v) is 3.61. The molecule has 4 heteroatoms. The van der Waals surface area contributed by atoms with Crippen molar-refractivity contribution in [3.8, 4) is 0 Å². The van der Waals surface area contributed by atoms with Crippen LogP contribution in [0.15, 0.2) is 0 Å². The normalized spacial score (nSPS) is 11.0. The standard InChI is InChI=1S/C12H22N2OS/c1-4-11-10(9-15)12(5-2)14(13-11)7-8-16-6-3/h15H,4-9H2,1-3H3. The number of thioether (sulfide) groups is 1. The average molecular weight is 242 g/mol. The van der Waals surface area contributed by atoms with Crippen molar-refractivity contribution in [1.29, 1.82) is 0 Å². The maximum atomic E-state index is 9.39. The molecule has 0 aliphatic carbocycles. The van der Waals surface area contributed by atoms with E-state index in [4.69, 9.17) is 0 Å². The summed E-state index contributed by atoms with van der Waals surface area (Å²) in [6.45, 7) is 7.46. The lowest BCUT2D eigenvalue weighted by molar-refractivity contribution is 0.279. The van der Waals surface area contributed by atoms with Crippen molar-refractivity contribution in [1.82, 2.24) is 9.78 Å². The molecular weight excluding hydrogens is 220 g/mol. The van der Waals surface area contributed by atoms with Gasteiger partial charge in [-0.25, -0.2) is 0 Å². The Kier molecular flexibility index (Phi) is 5.91. The van der Waals surface area contributed by atoms with Crippen LogP contribution in [0.3, 0.4) is 0 Å². The van der Waals surface area contributed by atoms with Gasteiger partial charge in [-0.2, -0.15) is 16.9 Å².